The van der Waals surface area contributed by atoms with E-state index in [1.54, 1.807) is 12.0 Å². The third kappa shape index (κ3) is 4.07. The number of hydrogen-bond acceptors (Lipinski definition) is 4. The van der Waals surface area contributed by atoms with E-state index in [0.29, 0.717) is 25.3 Å². The van der Waals surface area contributed by atoms with Crippen LogP contribution in [-0.2, 0) is 16.1 Å². The molecule has 1 atom stereocenters. The largest absolute Gasteiger partial charge is 0.497 e. The highest BCUT2D eigenvalue weighted by atomic mass is 16.5. The molecule has 1 N–H and O–H groups in total. The molecule has 0 aliphatic carbocycles. The number of ether oxygens (including phenoxy) is 2. The van der Waals surface area contributed by atoms with Crippen LogP contribution in [0.15, 0.2) is 29.1 Å². The first-order valence-corrected chi connectivity index (χ1v) is 9.22. The molecule has 1 aromatic heterocycles. The van der Waals surface area contributed by atoms with Gasteiger partial charge in [0.15, 0.2) is 0 Å². The fraction of sp³-hybridized carbons (Fsp3) is 0.500. The molecule has 3 rings (SSSR count). The Labute approximate surface area is 153 Å². The summed E-state index contributed by atoms with van der Waals surface area (Å²) < 4.78 is 10.8. The molecule has 2 aromatic rings. The lowest BCUT2D eigenvalue weighted by Crippen LogP contribution is -2.40. The van der Waals surface area contributed by atoms with Gasteiger partial charge in [-0.25, -0.2) is 0 Å². The van der Waals surface area contributed by atoms with E-state index in [-0.39, 0.29) is 17.6 Å². The van der Waals surface area contributed by atoms with Crippen LogP contribution in [-0.4, -0.2) is 42.2 Å². The zero-order valence-corrected chi connectivity index (χ0v) is 15.4. The Kier molecular flexibility index (Phi) is 5.93. The maximum Gasteiger partial charge on any atom is 0.253 e. The van der Waals surface area contributed by atoms with Crippen LogP contribution >= 0.6 is 0 Å². The zero-order valence-electron chi connectivity index (χ0n) is 15.4. The SMILES string of the molecule is CCCCN(Cc1cc2cc(OC)ccc2[nH]c1=O)C(=O)[C@H]1CCCO1. The summed E-state index contributed by atoms with van der Waals surface area (Å²) in [7, 11) is 1.61. The molecular formula is C20H26N2O4. The van der Waals surface area contributed by atoms with Crippen molar-refractivity contribution in [3.8, 4) is 5.75 Å². The highest BCUT2D eigenvalue weighted by Gasteiger charge is 2.28. The number of aromatic nitrogens is 1. The van der Waals surface area contributed by atoms with E-state index in [1.807, 2.05) is 24.3 Å². The number of fused-ring (bicyclic) bond motifs is 1. The molecule has 26 heavy (non-hydrogen) atoms. The highest BCUT2D eigenvalue weighted by molar-refractivity contribution is 5.82. The van der Waals surface area contributed by atoms with Gasteiger partial charge in [0.05, 0.1) is 13.7 Å². The second kappa shape index (κ2) is 8.36. The van der Waals surface area contributed by atoms with E-state index in [0.717, 1.165) is 42.3 Å². The quantitative estimate of drug-likeness (QED) is 0.826. The predicted octanol–water partition coefficient (Wildman–Crippen LogP) is 2.84. The molecule has 1 fully saturated rings. The van der Waals surface area contributed by atoms with Crippen molar-refractivity contribution in [2.45, 2.75) is 45.3 Å². The molecule has 2 heterocycles. The molecule has 1 amide bonds. The number of pyridine rings is 1. The van der Waals surface area contributed by atoms with Gasteiger partial charge in [0, 0.05) is 29.6 Å². The van der Waals surface area contributed by atoms with Crippen molar-refractivity contribution in [1.82, 2.24) is 9.88 Å². The number of H-pyrrole nitrogens is 1. The van der Waals surface area contributed by atoms with Crippen molar-refractivity contribution in [3.05, 3.63) is 40.2 Å². The number of carbonyl (C=O) groups excluding carboxylic acids is 1. The van der Waals surface area contributed by atoms with Gasteiger partial charge in [-0.3, -0.25) is 9.59 Å². The molecule has 140 valence electrons. The summed E-state index contributed by atoms with van der Waals surface area (Å²) >= 11 is 0. The summed E-state index contributed by atoms with van der Waals surface area (Å²) in [5.74, 6) is 0.717. The van der Waals surface area contributed by atoms with Crippen molar-refractivity contribution in [2.24, 2.45) is 0 Å². The van der Waals surface area contributed by atoms with E-state index in [1.165, 1.54) is 0 Å². The number of nitrogens with zero attached hydrogens (tertiary/aromatic N) is 1. The van der Waals surface area contributed by atoms with Gasteiger partial charge in [0.25, 0.3) is 11.5 Å². The van der Waals surface area contributed by atoms with Crippen LogP contribution in [0.3, 0.4) is 0 Å². The number of methoxy groups -OCH3 is 1. The van der Waals surface area contributed by atoms with Crippen LogP contribution in [0.25, 0.3) is 10.9 Å². The van der Waals surface area contributed by atoms with Gasteiger partial charge >= 0.3 is 0 Å². The van der Waals surface area contributed by atoms with E-state index < -0.39 is 0 Å². The summed E-state index contributed by atoms with van der Waals surface area (Å²) in [5, 5.41) is 0.888. The minimum atomic E-state index is -0.369. The first kappa shape index (κ1) is 18.5. The van der Waals surface area contributed by atoms with Crippen molar-refractivity contribution in [1.29, 1.82) is 0 Å². The topological polar surface area (TPSA) is 71.6 Å². The van der Waals surface area contributed by atoms with Crippen LogP contribution in [0.5, 0.6) is 5.75 Å². The molecule has 0 unspecified atom stereocenters. The fourth-order valence-corrected chi connectivity index (χ4v) is 3.27. The van der Waals surface area contributed by atoms with Gasteiger partial charge in [-0.05, 0) is 43.5 Å². The fourth-order valence-electron chi connectivity index (χ4n) is 3.27. The van der Waals surface area contributed by atoms with Crippen LogP contribution in [0.2, 0.25) is 0 Å². The molecule has 1 aliphatic rings. The molecular weight excluding hydrogens is 332 g/mol. The Balaban J connectivity index is 1.87. The number of benzene rings is 1. The zero-order chi connectivity index (χ0) is 18.5. The number of nitrogens with one attached hydrogen (secondary N) is 1. The van der Waals surface area contributed by atoms with Crippen LogP contribution in [0.1, 0.15) is 38.2 Å². The van der Waals surface area contributed by atoms with Gasteiger partial charge in [-0.1, -0.05) is 13.3 Å². The number of aromatic amines is 1. The summed E-state index contributed by atoms with van der Waals surface area (Å²) in [5.41, 5.74) is 1.17. The van der Waals surface area contributed by atoms with E-state index in [9.17, 15) is 9.59 Å². The smallest absolute Gasteiger partial charge is 0.253 e. The van der Waals surface area contributed by atoms with Crippen molar-refractivity contribution in [2.75, 3.05) is 20.3 Å². The number of unbranched alkanes of at least 4 members (excludes halogenated alkanes) is 1. The molecule has 0 bridgehead atoms. The highest BCUT2D eigenvalue weighted by Crippen LogP contribution is 2.20. The van der Waals surface area contributed by atoms with Gasteiger partial charge < -0.3 is 19.4 Å². The lowest BCUT2D eigenvalue weighted by molar-refractivity contribution is -0.141. The van der Waals surface area contributed by atoms with Gasteiger partial charge in [0.1, 0.15) is 11.9 Å². The summed E-state index contributed by atoms with van der Waals surface area (Å²) in [6.45, 7) is 3.64. The lowest BCUT2D eigenvalue weighted by Gasteiger charge is -2.25. The number of hydrogen-bond donors (Lipinski definition) is 1. The van der Waals surface area contributed by atoms with Crippen molar-refractivity contribution >= 4 is 16.8 Å². The Morgan fingerprint density at radius 3 is 2.92 bits per heavy atom. The molecule has 1 saturated heterocycles. The molecule has 6 heteroatoms. The van der Waals surface area contributed by atoms with E-state index in [4.69, 9.17) is 9.47 Å². The van der Waals surface area contributed by atoms with E-state index >= 15 is 0 Å². The maximum atomic E-state index is 12.8. The predicted molar refractivity (Wildman–Crippen MR) is 100 cm³/mol. The Morgan fingerprint density at radius 2 is 2.23 bits per heavy atom. The minimum Gasteiger partial charge on any atom is -0.497 e. The molecule has 0 spiro atoms. The Bertz CT molecular complexity index is 824. The third-order valence-corrected chi connectivity index (χ3v) is 4.79. The van der Waals surface area contributed by atoms with Crippen molar-refractivity contribution < 1.29 is 14.3 Å². The molecule has 1 aliphatic heterocycles. The number of amides is 1. The summed E-state index contributed by atoms with van der Waals surface area (Å²) in [6.07, 6.45) is 3.19. The maximum absolute atomic E-state index is 12.8. The van der Waals surface area contributed by atoms with Gasteiger partial charge in [0.2, 0.25) is 0 Å². The Hall–Kier alpha value is -2.34. The molecule has 1 aromatic carbocycles. The molecule has 6 nitrogen and oxygen atoms in total. The summed E-state index contributed by atoms with van der Waals surface area (Å²) in [6, 6.07) is 7.36. The van der Waals surface area contributed by atoms with Gasteiger partial charge in [-0.2, -0.15) is 0 Å². The second-order valence-corrected chi connectivity index (χ2v) is 6.69. The second-order valence-electron chi connectivity index (χ2n) is 6.69. The first-order chi connectivity index (χ1) is 12.6. The minimum absolute atomic E-state index is 0.0129. The van der Waals surface area contributed by atoms with Crippen LogP contribution in [0.4, 0.5) is 0 Å². The summed E-state index contributed by atoms with van der Waals surface area (Å²) in [4.78, 5) is 29.9. The van der Waals surface area contributed by atoms with Crippen LogP contribution < -0.4 is 10.3 Å². The average molecular weight is 358 g/mol. The van der Waals surface area contributed by atoms with Gasteiger partial charge in [-0.15, -0.1) is 0 Å². The molecule has 0 saturated carbocycles. The van der Waals surface area contributed by atoms with Crippen LogP contribution in [0, 0.1) is 0 Å². The standard InChI is InChI=1S/C20H26N2O4/c1-3-4-9-22(20(24)18-6-5-10-26-18)13-15-11-14-12-16(25-2)7-8-17(14)21-19(15)23/h7-8,11-12,18H,3-6,9-10,13H2,1-2H3,(H,21,23)/t18-/m1/s1. The number of rotatable bonds is 7. The Morgan fingerprint density at radius 1 is 1.38 bits per heavy atom. The monoisotopic (exact) mass is 358 g/mol. The first-order valence-electron chi connectivity index (χ1n) is 9.22. The lowest BCUT2D eigenvalue weighted by atomic mass is 10.1. The average Bonchev–Trinajstić information content (AvgIpc) is 3.19. The normalized spacial score (nSPS) is 16.8. The van der Waals surface area contributed by atoms with Crippen molar-refractivity contribution in [3.63, 3.8) is 0 Å². The third-order valence-electron chi connectivity index (χ3n) is 4.79. The molecule has 0 radical (unpaired) electrons. The number of carbonyl (C=O) groups is 1. The van der Waals surface area contributed by atoms with E-state index in [2.05, 4.69) is 11.9 Å².